The summed E-state index contributed by atoms with van der Waals surface area (Å²) in [5, 5.41) is 9.89. The van der Waals surface area contributed by atoms with Crippen LogP contribution in [0.3, 0.4) is 0 Å². The van der Waals surface area contributed by atoms with Crippen molar-refractivity contribution < 1.29 is 28.1 Å². The molecule has 34 heavy (non-hydrogen) atoms. The fraction of sp³-hybridized carbons (Fsp3) is 0.160. The van der Waals surface area contributed by atoms with Gasteiger partial charge in [0.25, 0.3) is 0 Å². The predicted molar refractivity (Wildman–Crippen MR) is 123 cm³/mol. The van der Waals surface area contributed by atoms with Gasteiger partial charge in [-0.25, -0.2) is 4.39 Å². The van der Waals surface area contributed by atoms with E-state index in [0.717, 1.165) is 11.1 Å². The normalized spacial score (nSPS) is 15.9. The number of rotatable bonds is 5. The number of methoxy groups -OCH3 is 1. The number of benzene rings is 3. The third-order valence-electron chi connectivity index (χ3n) is 5.61. The van der Waals surface area contributed by atoms with Gasteiger partial charge in [0.15, 0.2) is 23.0 Å². The molecular weight excluding hydrogens is 507 g/mol. The van der Waals surface area contributed by atoms with E-state index < -0.39 is 5.92 Å². The quantitative estimate of drug-likeness (QED) is 0.494. The SMILES string of the molecule is COc1cc([C@@H]2C(C#N)=C(N)Oc3cc4c(cc32)OCO4)c(Br)cc1OCc1ccc(F)cc1. The van der Waals surface area contributed by atoms with Crippen LogP contribution in [0.25, 0.3) is 0 Å². The summed E-state index contributed by atoms with van der Waals surface area (Å²) in [7, 11) is 1.53. The van der Waals surface area contributed by atoms with E-state index in [2.05, 4.69) is 22.0 Å². The van der Waals surface area contributed by atoms with Gasteiger partial charge in [-0.1, -0.05) is 28.1 Å². The Morgan fingerprint density at radius 1 is 1.06 bits per heavy atom. The standard InChI is InChI=1S/C25H18BrFN2O5/c1-30-20-6-15(18(26)8-22(20)31-11-13-2-4-14(27)5-3-13)24-16-7-21-23(33-12-32-21)9-19(16)34-25(29)17(24)10-28/h2-9,24H,11-12,29H2,1H3/t24-/m0/s1. The minimum Gasteiger partial charge on any atom is -0.493 e. The number of fused-ring (bicyclic) bond motifs is 2. The molecule has 0 unspecified atom stereocenters. The van der Waals surface area contributed by atoms with Crippen LogP contribution in [-0.4, -0.2) is 13.9 Å². The molecule has 2 aliphatic heterocycles. The number of ether oxygens (including phenoxy) is 5. The van der Waals surface area contributed by atoms with E-state index >= 15 is 0 Å². The second-order valence-electron chi connectivity index (χ2n) is 7.61. The van der Waals surface area contributed by atoms with E-state index in [0.29, 0.717) is 38.8 Å². The number of hydrogen-bond donors (Lipinski definition) is 1. The van der Waals surface area contributed by atoms with E-state index in [1.807, 2.05) is 0 Å². The molecule has 2 N–H and O–H groups in total. The molecule has 3 aromatic rings. The van der Waals surface area contributed by atoms with Gasteiger partial charge in [0.05, 0.1) is 13.0 Å². The summed E-state index contributed by atoms with van der Waals surface area (Å²) in [5.74, 6) is 1.70. The second-order valence-corrected chi connectivity index (χ2v) is 8.46. The molecule has 3 aromatic carbocycles. The molecule has 0 saturated carbocycles. The Hall–Kier alpha value is -3.90. The van der Waals surface area contributed by atoms with Gasteiger partial charge in [0.1, 0.15) is 29.8 Å². The first-order chi connectivity index (χ1) is 16.5. The second kappa shape index (κ2) is 8.80. The fourth-order valence-electron chi connectivity index (χ4n) is 3.95. The Morgan fingerprint density at radius 2 is 1.79 bits per heavy atom. The molecule has 9 heteroatoms. The van der Waals surface area contributed by atoms with Crippen LogP contribution in [-0.2, 0) is 6.61 Å². The van der Waals surface area contributed by atoms with Crippen molar-refractivity contribution in [1.82, 2.24) is 0 Å². The summed E-state index contributed by atoms with van der Waals surface area (Å²) in [6, 6.07) is 15.3. The number of nitrogens with zero attached hydrogens (tertiary/aromatic N) is 1. The topological polar surface area (TPSA) is 96.0 Å². The number of halogens is 2. The van der Waals surface area contributed by atoms with Crippen LogP contribution in [0, 0.1) is 17.1 Å². The van der Waals surface area contributed by atoms with Crippen molar-refractivity contribution in [2.24, 2.45) is 5.73 Å². The maximum absolute atomic E-state index is 13.2. The lowest BCUT2D eigenvalue weighted by Gasteiger charge is -2.28. The summed E-state index contributed by atoms with van der Waals surface area (Å²) in [6.45, 7) is 0.330. The van der Waals surface area contributed by atoms with Crippen molar-refractivity contribution in [2.45, 2.75) is 12.5 Å². The zero-order valence-electron chi connectivity index (χ0n) is 17.9. The molecule has 2 heterocycles. The molecule has 7 nitrogen and oxygen atoms in total. The average Bonchev–Trinajstić information content (AvgIpc) is 3.29. The highest BCUT2D eigenvalue weighted by atomic mass is 79.9. The van der Waals surface area contributed by atoms with E-state index in [4.69, 9.17) is 29.4 Å². The fourth-order valence-corrected chi connectivity index (χ4v) is 4.50. The van der Waals surface area contributed by atoms with Gasteiger partial charge in [-0.2, -0.15) is 5.26 Å². The van der Waals surface area contributed by atoms with Crippen LogP contribution in [0.2, 0.25) is 0 Å². The molecule has 172 valence electrons. The highest BCUT2D eigenvalue weighted by molar-refractivity contribution is 9.10. The summed E-state index contributed by atoms with van der Waals surface area (Å²) < 4.78 is 42.1. The van der Waals surface area contributed by atoms with Crippen molar-refractivity contribution >= 4 is 15.9 Å². The third kappa shape index (κ3) is 3.86. The van der Waals surface area contributed by atoms with Crippen LogP contribution < -0.4 is 29.4 Å². The minimum atomic E-state index is -0.544. The van der Waals surface area contributed by atoms with E-state index in [-0.39, 0.29) is 30.7 Å². The molecule has 0 saturated heterocycles. The monoisotopic (exact) mass is 524 g/mol. The van der Waals surface area contributed by atoms with E-state index in [9.17, 15) is 9.65 Å². The van der Waals surface area contributed by atoms with Crippen LogP contribution in [0.5, 0.6) is 28.7 Å². The summed E-state index contributed by atoms with van der Waals surface area (Å²) in [5.41, 5.74) is 8.62. The molecule has 2 aliphatic rings. The Labute approximate surface area is 203 Å². The summed E-state index contributed by atoms with van der Waals surface area (Å²) in [6.07, 6.45) is 0. The lowest BCUT2D eigenvalue weighted by Crippen LogP contribution is -2.21. The van der Waals surface area contributed by atoms with Crippen molar-refractivity contribution in [3.63, 3.8) is 0 Å². The van der Waals surface area contributed by atoms with E-state index in [1.54, 1.807) is 36.4 Å². The molecule has 1 atom stereocenters. The van der Waals surface area contributed by atoms with Crippen molar-refractivity contribution in [3.05, 3.63) is 87.0 Å². The van der Waals surface area contributed by atoms with Gasteiger partial charge >= 0.3 is 0 Å². The zero-order valence-corrected chi connectivity index (χ0v) is 19.5. The van der Waals surface area contributed by atoms with Gasteiger partial charge in [-0.3, -0.25) is 0 Å². The van der Waals surface area contributed by atoms with Crippen LogP contribution in [0.1, 0.15) is 22.6 Å². The highest BCUT2D eigenvalue weighted by Gasteiger charge is 2.35. The number of allylic oxidation sites excluding steroid dienone is 1. The molecule has 0 amide bonds. The van der Waals surface area contributed by atoms with Gasteiger partial charge in [0, 0.05) is 16.1 Å². The molecule has 0 radical (unpaired) electrons. The molecule has 0 aliphatic carbocycles. The first-order valence-electron chi connectivity index (χ1n) is 10.2. The maximum Gasteiger partial charge on any atom is 0.231 e. The average molecular weight is 525 g/mol. The molecule has 0 spiro atoms. The Balaban J connectivity index is 1.55. The van der Waals surface area contributed by atoms with Crippen LogP contribution in [0.15, 0.2) is 64.5 Å². The Morgan fingerprint density at radius 3 is 2.50 bits per heavy atom. The summed E-state index contributed by atoms with van der Waals surface area (Å²) >= 11 is 3.62. The van der Waals surface area contributed by atoms with Crippen molar-refractivity contribution in [2.75, 3.05) is 13.9 Å². The predicted octanol–water partition coefficient (Wildman–Crippen LogP) is 5.12. The van der Waals surface area contributed by atoms with Crippen molar-refractivity contribution in [1.29, 1.82) is 5.26 Å². The highest BCUT2D eigenvalue weighted by Crippen LogP contribution is 2.50. The largest absolute Gasteiger partial charge is 0.493 e. The first kappa shape index (κ1) is 21.9. The third-order valence-corrected chi connectivity index (χ3v) is 6.30. The van der Waals surface area contributed by atoms with Crippen molar-refractivity contribution in [3.8, 4) is 34.8 Å². The molecule has 0 bridgehead atoms. The minimum absolute atomic E-state index is 0.0152. The van der Waals surface area contributed by atoms with Crippen LogP contribution in [0.4, 0.5) is 4.39 Å². The Bertz CT molecular complexity index is 1350. The number of nitriles is 1. The molecule has 0 aromatic heterocycles. The molecular formula is C25H18BrFN2O5. The van der Waals surface area contributed by atoms with Gasteiger partial charge in [-0.05, 0) is 41.5 Å². The molecule has 0 fully saturated rings. The number of nitrogens with two attached hydrogens (primary N) is 1. The van der Waals surface area contributed by atoms with E-state index in [1.165, 1.54) is 19.2 Å². The van der Waals surface area contributed by atoms with Gasteiger partial charge in [0.2, 0.25) is 12.7 Å². The lowest BCUT2D eigenvalue weighted by molar-refractivity contribution is 0.174. The smallest absolute Gasteiger partial charge is 0.231 e. The molecule has 5 rings (SSSR count). The van der Waals surface area contributed by atoms with Gasteiger partial charge in [-0.15, -0.1) is 0 Å². The van der Waals surface area contributed by atoms with Crippen LogP contribution >= 0.6 is 15.9 Å². The number of hydrogen-bond acceptors (Lipinski definition) is 7. The lowest BCUT2D eigenvalue weighted by atomic mass is 9.83. The Kier molecular flexibility index (Phi) is 5.67. The summed E-state index contributed by atoms with van der Waals surface area (Å²) in [4.78, 5) is 0. The maximum atomic E-state index is 13.2. The first-order valence-corrected chi connectivity index (χ1v) is 11.0. The zero-order chi connectivity index (χ0) is 23.8. The van der Waals surface area contributed by atoms with Gasteiger partial charge < -0.3 is 29.4 Å².